The van der Waals surface area contributed by atoms with E-state index >= 15 is 0 Å². The molecule has 0 amide bonds. The van der Waals surface area contributed by atoms with Gasteiger partial charge in [-0.3, -0.25) is 0 Å². The average Bonchev–Trinajstić information content (AvgIpc) is 2.33. The Hall–Kier alpha value is -0.915. The normalized spacial score (nSPS) is 14.4. The SMILES string of the molecule is [B]c1ccc2c(c1)CCN2.[HH]. The maximum atomic E-state index is 5.60. The van der Waals surface area contributed by atoms with Gasteiger partial charge in [0.1, 0.15) is 7.85 Å². The summed E-state index contributed by atoms with van der Waals surface area (Å²) in [6.07, 6.45) is 1.11. The van der Waals surface area contributed by atoms with Crippen LogP contribution in [0.25, 0.3) is 0 Å². The van der Waals surface area contributed by atoms with Gasteiger partial charge in [-0.05, 0) is 18.1 Å². The van der Waals surface area contributed by atoms with Crippen LogP contribution in [0.3, 0.4) is 0 Å². The minimum atomic E-state index is 0. The van der Waals surface area contributed by atoms with Gasteiger partial charge in [0.2, 0.25) is 0 Å². The maximum absolute atomic E-state index is 5.60. The van der Waals surface area contributed by atoms with E-state index in [2.05, 4.69) is 5.32 Å². The van der Waals surface area contributed by atoms with E-state index in [-0.39, 0.29) is 1.43 Å². The van der Waals surface area contributed by atoms with Crippen molar-refractivity contribution in [2.24, 2.45) is 0 Å². The van der Waals surface area contributed by atoms with Gasteiger partial charge >= 0.3 is 0 Å². The van der Waals surface area contributed by atoms with Crippen LogP contribution in [0.4, 0.5) is 5.69 Å². The van der Waals surface area contributed by atoms with Crippen LogP contribution < -0.4 is 10.8 Å². The summed E-state index contributed by atoms with van der Waals surface area (Å²) < 4.78 is 0. The zero-order chi connectivity index (χ0) is 6.97. The van der Waals surface area contributed by atoms with E-state index in [9.17, 15) is 0 Å². The second-order valence-electron chi connectivity index (χ2n) is 2.59. The summed E-state index contributed by atoms with van der Waals surface area (Å²) in [6.45, 7) is 1.05. The molecule has 1 aromatic rings. The molecule has 0 aromatic heterocycles. The Kier molecular flexibility index (Phi) is 1.19. The average molecular weight is 131 g/mol. The molecule has 1 aliphatic rings. The lowest BCUT2D eigenvalue weighted by atomic mass is 9.94. The minimum Gasteiger partial charge on any atom is -0.384 e. The molecule has 1 aliphatic heterocycles. The molecule has 0 saturated heterocycles. The quantitative estimate of drug-likeness (QED) is 0.511. The molecule has 0 atom stereocenters. The summed E-state index contributed by atoms with van der Waals surface area (Å²) in [5, 5.41) is 3.27. The van der Waals surface area contributed by atoms with Crippen LogP contribution in [0.1, 0.15) is 6.99 Å². The van der Waals surface area contributed by atoms with Gasteiger partial charge in [-0.15, -0.1) is 0 Å². The molecular weight excluding hydrogens is 121 g/mol. The molecule has 50 valence electrons. The summed E-state index contributed by atoms with van der Waals surface area (Å²) in [5.74, 6) is 0. The standard InChI is InChI=1S/C8H8BN.H2/c9-7-1-2-8-6(5-7)3-4-10-8;/h1-2,5,10H,3-4H2;1H. The molecule has 0 saturated carbocycles. The number of anilines is 1. The van der Waals surface area contributed by atoms with Crippen molar-refractivity contribution in [3.8, 4) is 0 Å². The first kappa shape index (κ1) is 5.84. The molecule has 10 heavy (non-hydrogen) atoms. The highest BCUT2D eigenvalue weighted by Crippen LogP contribution is 2.19. The van der Waals surface area contributed by atoms with Gasteiger partial charge in [0.25, 0.3) is 0 Å². The Balaban J connectivity index is 0.000000605. The highest BCUT2D eigenvalue weighted by molar-refractivity contribution is 6.32. The molecule has 1 aromatic carbocycles. The van der Waals surface area contributed by atoms with Gasteiger partial charge < -0.3 is 5.32 Å². The van der Waals surface area contributed by atoms with Crippen LogP contribution >= 0.6 is 0 Å². The van der Waals surface area contributed by atoms with Crippen molar-refractivity contribution in [1.82, 2.24) is 0 Å². The number of fused-ring (bicyclic) bond motifs is 1. The lowest BCUT2D eigenvalue weighted by Crippen LogP contribution is -2.01. The topological polar surface area (TPSA) is 12.0 Å². The van der Waals surface area contributed by atoms with Crippen molar-refractivity contribution in [3.63, 3.8) is 0 Å². The van der Waals surface area contributed by atoms with Gasteiger partial charge in [0, 0.05) is 13.7 Å². The Bertz CT molecular complexity index is 262. The van der Waals surface area contributed by atoms with E-state index in [1.807, 2.05) is 18.2 Å². The first-order valence-corrected chi connectivity index (χ1v) is 3.48. The number of hydrogen-bond donors (Lipinski definition) is 1. The summed E-state index contributed by atoms with van der Waals surface area (Å²) in [4.78, 5) is 0. The van der Waals surface area contributed by atoms with Crippen molar-refractivity contribution in [2.75, 3.05) is 11.9 Å². The van der Waals surface area contributed by atoms with Crippen LogP contribution in [0.2, 0.25) is 0 Å². The van der Waals surface area contributed by atoms with Crippen molar-refractivity contribution < 1.29 is 1.43 Å². The van der Waals surface area contributed by atoms with E-state index in [1.54, 1.807) is 0 Å². The molecule has 0 aliphatic carbocycles. The highest BCUT2D eigenvalue weighted by atomic mass is 14.9. The van der Waals surface area contributed by atoms with Gasteiger partial charge in [-0.25, -0.2) is 0 Å². The molecule has 0 spiro atoms. The highest BCUT2D eigenvalue weighted by Gasteiger charge is 2.07. The summed E-state index contributed by atoms with van der Waals surface area (Å²) in [6, 6.07) is 6.00. The molecule has 1 N–H and O–H groups in total. The number of benzene rings is 1. The molecule has 1 heterocycles. The third-order valence-corrected chi connectivity index (χ3v) is 1.84. The summed E-state index contributed by atoms with van der Waals surface area (Å²) in [7, 11) is 5.60. The molecule has 0 bridgehead atoms. The Labute approximate surface area is 63.3 Å². The summed E-state index contributed by atoms with van der Waals surface area (Å²) in [5.41, 5.74) is 3.46. The van der Waals surface area contributed by atoms with Crippen LogP contribution in [0.5, 0.6) is 0 Å². The van der Waals surface area contributed by atoms with E-state index in [4.69, 9.17) is 7.85 Å². The van der Waals surface area contributed by atoms with Crippen LogP contribution in [0.15, 0.2) is 18.2 Å². The second-order valence-corrected chi connectivity index (χ2v) is 2.59. The Morgan fingerprint density at radius 1 is 1.50 bits per heavy atom. The third-order valence-electron chi connectivity index (χ3n) is 1.84. The lowest BCUT2D eigenvalue weighted by Gasteiger charge is -1.98. The van der Waals surface area contributed by atoms with Crippen molar-refractivity contribution in [1.29, 1.82) is 0 Å². The van der Waals surface area contributed by atoms with Crippen LogP contribution in [0, 0.1) is 0 Å². The fraction of sp³-hybridized carbons (Fsp3) is 0.250. The Morgan fingerprint density at radius 3 is 3.30 bits per heavy atom. The van der Waals surface area contributed by atoms with E-state index < -0.39 is 0 Å². The van der Waals surface area contributed by atoms with Crippen molar-refractivity contribution in [3.05, 3.63) is 23.8 Å². The van der Waals surface area contributed by atoms with Crippen LogP contribution in [-0.2, 0) is 6.42 Å². The fourth-order valence-electron chi connectivity index (χ4n) is 1.32. The molecule has 1 nitrogen and oxygen atoms in total. The molecule has 2 heteroatoms. The van der Waals surface area contributed by atoms with E-state index in [0.717, 1.165) is 18.4 Å². The zero-order valence-corrected chi connectivity index (χ0v) is 5.72. The van der Waals surface area contributed by atoms with E-state index in [0.29, 0.717) is 0 Å². The monoisotopic (exact) mass is 131 g/mol. The number of rotatable bonds is 0. The van der Waals surface area contributed by atoms with Crippen LogP contribution in [-0.4, -0.2) is 14.4 Å². The molecular formula is C8H10BN. The fourth-order valence-corrected chi connectivity index (χ4v) is 1.32. The molecule has 0 unspecified atom stereocenters. The lowest BCUT2D eigenvalue weighted by molar-refractivity contribution is 1.11. The first-order chi connectivity index (χ1) is 4.86. The van der Waals surface area contributed by atoms with Gasteiger partial charge in [0.15, 0.2) is 0 Å². The van der Waals surface area contributed by atoms with E-state index in [1.165, 1.54) is 11.3 Å². The maximum Gasteiger partial charge on any atom is 0.113 e. The third kappa shape index (κ3) is 0.802. The zero-order valence-electron chi connectivity index (χ0n) is 5.72. The van der Waals surface area contributed by atoms with Crippen molar-refractivity contribution >= 4 is 19.0 Å². The van der Waals surface area contributed by atoms with Gasteiger partial charge in [0.05, 0.1) is 0 Å². The second kappa shape index (κ2) is 2.05. The van der Waals surface area contributed by atoms with Gasteiger partial charge in [-0.1, -0.05) is 17.6 Å². The summed E-state index contributed by atoms with van der Waals surface area (Å²) >= 11 is 0. The van der Waals surface area contributed by atoms with Crippen molar-refractivity contribution in [2.45, 2.75) is 6.42 Å². The smallest absolute Gasteiger partial charge is 0.113 e. The largest absolute Gasteiger partial charge is 0.384 e. The predicted molar refractivity (Wildman–Crippen MR) is 46.1 cm³/mol. The van der Waals surface area contributed by atoms with Gasteiger partial charge in [-0.2, -0.15) is 0 Å². The molecule has 0 fully saturated rings. The number of nitrogens with one attached hydrogen (secondary N) is 1. The molecule has 2 radical (unpaired) electrons. The number of hydrogen-bond acceptors (Lipinski definition) is 1. The first-order valence-electron chi connectivity index (χ1n) is 3.48. The Morgan fingerprint density at radius 2 is 2.40 bits per heavy atom. The molecule has 2 rings (SSSR count). The predicted octanol–water partition coefficient (Wildman–Crippen LogP) is 0.694. The minimum absolute atomic E-state index is 0.